The largest absolute Gasteiger partial charge is 0.352 e. The Morgan fingerprint density at radius 2 is 1.81 bits per heavy atom. The molecule has 0 saturated heterocycles. The Morgan fingerprint density at radius 3 is 2.43 bits per heavy atom. The zero-order valence-electron chi connectivity index (χ0n) is 12.7. The van der Waals surface area contributed by atoms with Crippen LogP contribution in [0.25, 0.3) is 0 Å². The Labute approximate surface area is 126 Å². The molecule has 1 atom stereocenters. The van der Waals surface area contributed by atoms with Crippen molar-refractivity contribution in [1.82, 2.24) is 10.6 Å². The standard InChI is InChI=1S/C17H25FN2O/c1-13(14-8-10-15(18)11-9-14)19-12-17(21)20-16-6-4-2-3-5-7-16/h8-11,13,16,19H,2-7,12H2,1H3,(H,20,21)/t13-/m0/s1. The Hall–Kier alpha value is -1.42. The molecule has 1 amide bonds. The predicted molar refractivity (Wildman–Crippen MR) is 82.5 cm³/mol. The van der Waals surface area contributed by atoms with Gasteiger partial charge in [0.1, 0.15) is 5.82 Å². The lowest BCUT2D eigenvalue weighted by Crippen LogP contribution is -2.40. The van der Waals surface area contributed by atoms with Crippen molar-refractivity contribution in [2.45, 2.75) is 57.5 Å². The minimum absolute atomic E-state index is 0.0329. The van der Waals surface area contributed by atoms with Crippen molar-refractivity contribution in [2.24, 2.45) is 0 Å². The van der Waals surface area contributed by atoms with Crippen molar-refractivity contribution in [3.8, 4) is 0 Å². The van der Waals surface area contributed by atoms with Gasteiger partial charge in [0.05, 0.1) is 6.54 Å². The highest BCUT2D eigenvalue weighted by molar-refractivity contribution is 5.78. The highest BCUT2D eigenvalue weighted by atomic mass is 19.1. The second kappa shape index (κ2) is 8.13. The van der Waals surface area contributed by atoms with E-state index in [1.807, 2.05) is 6.92 Å². The molecule has 0 unspecified atom stereocenters. The molecule has 21 heavy (non-hydrogen) atoms. The number of benzene rings is 1. The van der Waals surface area contributed by atoms with E-state index in [-0.39, 0.29) is 17.8 Å². The van der Waals surface area contributed by atoms with Crippen molar-refractivity contribution < 1.29 is 9.18 Å². The number of amides is 1. The van der Waals surface area contributed by atoms with E-state index < -0.39 is 0 Å². The van der Waals surface area contributed by atoms with Crippen LogP contribution in [-0.4, -0.2) is 18.5 Å². The monoisotopic (exact) mass is 292 g/mol. The lowest BCUT2D eigenvalue weighted by Gasteiger charge is -2.18. The first-order chi connectivity index (χ1) is 10.1. The van der Waals surface area contributed by atoms with Crippen molar-refractivity contribution in [1.29, 1.82) is 0 Å². The number of rotatable bonds is 5. The van der Waals surface area contributed by atoms with Crippen LogP contribution in [0.4, 0.5) is 4.39 Å². The van der Waals surface area contributed by atoms with Gasteiger partial charge in [0.2, 0.25) is 5.91 Å². The summed E-state index contributed by atoms with van der Waals surface area (Å²) in [6, 6.07) is 6.75. The number of hydrogen-bond acceptors (Lipinski definition) is 2. The average Bonchev–Trinajstić information content (AvgIpc) is 2.74. The highest BCUT2D eigenvalue weighted by Gasteiger charge is 2.15. The van der Waals surface area contributed by atoms with Gasteiger partial charge in [-0.15, -0.1) is 0 Å². The molecule has 0 radical (unpaired) electrons. The summed E-state index contributed by atoms with van der Waals surface area (Å²) in [6.45, 7) is 2.28. The summed E-state index contributed by atoms with van der Waals surface area (Å²) in [4.78, 5) is 12.0. The smallest absolute Gasteiger partial charge is 0.234 e. The summed E-state index contributed by atoms with van der Waals surface area (Å²) in [7, 11) is 0. The molecule has 1 aliphatic carbocycles. The summed E-state index contributed by atoms with van der Waals surface area (Å²) < 4.78 is 12.9. The summed E-state index contributed by atoms with van der Waals surface area (Å²) in [6.07, 6.45) is 7.19. The van der Waals surface area contributed by atoms with Gasteiger partial charge in [0.15, 0.2) is 0 Å². The van der Waals surface area contributed by atoms with Gasteiger partial charge in [-0.25, -0.2) is 4.39 Å². The first kappa shape index (κ1) is 16.0. The van der Waals surface area contributed by atoms with Gasteiger partial charge in [-0.05, 0) is 37.5 Å². The van der Waals surface area contributed by atoms with Gasteiger partial charge in [-0.1, -0.05) is 37.8 Å². The van der Waals surface area contributed by atoms with Crippen LogP contribution in [0.2, 0.25) is 0 Å². The van der Waals surface area contributed by atoms with E-state index >= 15 is 0 Å². The van der Waals surface area contributed by atoms with E-state index in [1.165, 1.54) is 37.8 Å². The van der Waals surface area contributed by atoms with Gasteiger partial charge < -0.3 is 10.6 Å². The fraction of sp³-hybridized carbons (Fsp3) is 0.588. The van der Waals surface area contributed by atoms with Crippen LogP contribution in [0.5, 0.6) is 0 Å². The molecule has 1 aromatic rings. The summed E-state index contributed by atoms with van der Waals surface area (Å²) in [5, 5.41) is 6.30. The molecule has 0 spiro atoms. The van der Waals surface area contributed by atoms with Crippen molar-refractivity contribution in [3.05, 3.63) is 35.6 Å². The minimum atomic E-state index is -0.239. The maximum Gasteiger partial charge on any atom is 0.234 e. The van der Waals surface area contributed by atoms with E-state index in [4.69, 9.17) is 0 Å². The first-order valence-electron chi connectivity index (χ1n) is 7.93. The maximum atomic E-state index is 12.9. The molecule has 0 aromatic heterocycles. The number of carbonyl (C=O) groups is 1. The fourth-order valence-corrected chi connectivity index (χ4v) is 2.82. The molecular weight excluding hydrogens is 267 g/mol. The van der Waals surface area contributed by atoms with Crippen LogP contribution in [0.1, 0.15) is 57.1 Å². The third-order valence-corrected chi connectivity index (χ3v) is 4.16. The van der Waals surface area contributed by atoms with Crippen LogP contribution in [0.3, 0.4) is 0 Å². The van der Waals surface area contributed by atoms with E-state index in [0.29, 0.717) is 12.6 Å². The van der Waals surface area contributed by atoms with Crippen LogP contribution in [0, 0.1) is 5.82 Å². The van der Waals surface area contributed by atoms with Crippen molar-refractivity contribution >= 4 is 5.91 Å². The van der Waals surface area contributed by atoms with Gasteiger partial charge in [-0.2, -0.15) is 0 Å². The molecule has 1 saturated carbocycles. The van der Waals surface area contributed by atoms with Crippen LogP contribution in [-0.2, 0) is 4.79 Å². The normalized spacial score (nSPS) is 18.0. The molecular formula is C17H25FN2O. The third-order valence-electron chi connectivity index (χ3n) is 4.16. The molecule has 116 valence electrons. The molecule has 2 N–H and O–H groups in total. The number of halogens is 1. The summed E-state index contributed by atoms with van der Waals surface area (Å²) in [5.41, 5.74) is 0.985. The molecule has 0 bridgehead atoms. The molecule has 1 aromatic carbocycles. The molecule has 3 nitrogen and oxygen atoms in total. The Morgan fingerprint density at radius 1 is 1.19 bits per heavy atom. The van der Waals surface area contributed by atoms with Gasteiger partial charge in [-0.3, -0.25) is 4.79 Å². The topological polar surface area (TPSA) is 41.1 Å². The molecule has 1 aliphatic rings. The van der Waals surface area contributed by atoms with Gasteiger partial charge >= 0.3 is 0 Å². The van der Waals surface area contributed by atoms with Gasteiger partial charge in [0, 0.05) is 12.1 Å². The fourth-order valence-electron chi connectivity index (χ4n) is 2.82. The van der Waals surface area contributed by atoms with Crippen LogP contribution < -0.4 is 10.6 Å². The predicted octanol–water partition coefficient (Wildman–Crippen LogP) is 3.32. The average molecular weight is 292 g/mol. The van der Waals surface area contributed by atoms with Crippen molar-refractivity contribution in [3.63, 3.8) is 0 Å². The molecule has 0 heterocycles. The van der Waals surface area contributed by atoms with Gasteiger partial charge in [0.25, 0.3) is 0 Å². The molecule has 1 fully saturated rings. The number of carbonyl (C=O) groups excluding carboxylic acids is 1. The van der Waals surface area contributed by atoms with E-state index in [2.05, 4.69) is 10.6 Å². The summed E-state index contributed by atoms with van der Waals surface area (Å²) >= 11 is 0. The zero-order valence-corrected chi connectivity index (χ0v) is 12.7. The van der Waals surface area contributed by atoms with Crippen LogP contribution in [0.15, 0.2) is 24.3 Å². The number of nitrogens with one attached hydrogen (secondary N) is 2. The maximum absolute atomic E-state index is 12.9. The summed E-state index contributed by atoms with van der Waals surface area (Å²) in [5.74, 6) is -0.187. The molecule has 2 rings (SSSR count). The minimum Gasteiger partial charge on any atom is -0.352 e. The van der Waals surface area contributed by atoms with E-state index in [1.54, 1.807) is 12.1 Å². The third kappa shape index (κ3) is 5.46. The zero-order chi connectivity index (χ0) is 15.1. The van der Waals surface area contributed by atoms with E-state index in [0.717, 1.165) is 18.4 Å². The van der Waals surface area contributed by atoms with Crippen molar-refractivity contribution in [2.75, 3.05) is 6.54 Å². The Kier molecular flexibility index (Phi) is 6.18. The molecule has 0 aliphatic heterocycles. The Bertz CT molecular complexity index is 439. The number of hydrogen-bond donors (Lipinski definition) is 2. The molecule has 4 heteroatoms. The van der Waals surface area contributed by atoms with E-state index in [9.17, 15) is 9.18 Å². The lowest BCUT2D eigenvalue weighted by atomic mass is 10.1. The SMILES string of the molecule is C[C@H](NCC(=O)NC1CCCCCC1)c1ccc(F)cc1. The first-order valence-corrected chi connectivity index (χ1v) is 7.93. The lowest BCUT2D eigenvalue weighted by molar-refractivity contribution is -0.121. The Balaban J connectivity index is 1.73. The quantitative estimate of drug-likeness (QED) is 0.817. The van der Waals surface area contributed by atoms with Crippen LogP contribution >= 0.6 is 0 Å². The second-order valence-electron chi connectivity index (χ2n) is 5.91. The second-order valence-corrected chi connectivity index (χ2v) is 5.91. The highest BCUT2D eigenvalue weighted by Crippen LogP contribution is 2.17.